The molecule has 0 radical (unpaired) electrons. The maximum atomic E-state index is 12.9. The Labute approximate surface area is 172 Å². The summed E-state index contributed by atoms with van der Waals surface area (Å²) in [5, 5.41) is 4.52. The molecular formula is C22H30N4O3. The van der Waals surface area contributed by atoms with Crippen LogP contribution in [0.2, 0.25) is 0 Å². The van der Waals surface area contributed by atoms with Gasteiger partial charge in [-0.15, -0.1) is 0 Å². The lowest BCUT2D eigenvalue weighted by Gasteiger charge is -2.47. The molecule has 2 aliphatic rings. The summed E-state index contributed by atoms with van der Waals surface area (Å²) in [4.78, 5) is 17.1. The average molecular weight is 399 g/mol. The molecule has 2 aromatic rings. The van der Waals surface area contributed by atoms with Gasteiger partial charge in [-0.2, -0.15) is 5.10 Å². The van der Waals surface area contributed by atoms with Gasteiger partial charge in [-0.1, -0.05) is 12.1 Å². The van der Waals surface area contributed by atoms with Crippen LogP contribution in [0.15, 0.2) is 36.7 Å². The Morgan fingerprint density at radius 2 is 1.97 bits per heavy atom. The summed E-state index contributed by atoms with van der Waals surface area (Å²) >= 11 is 0. The van der Waals surface area contributed by atoms with Crippen molar-refractivity contribution in [1.29, 1.82) is 0 Å². The van der Waals surface area contributed by atoms with Gasteiger partial charge >= 0.3 is 0 Å². The number of piperidine rings is 2. The normalized spacial score (nSPS) is 22.2. The number of nitrogens with zero attached hydrogens (tertiary/aromatic N) is 4. The Morgan fingerprint density at radius 3 is 2.69 bits per heavy atom. The van der Waals surface area contributed by atoms with Gasteiger partial charge in [-0.3, -0.25) is 9.69 Å². The highest BCUT2D eigenvalue weighted by Gasteiger charge is 2.47. The summed E-state index contributed by atoms with van der Waals surface area (Å²) in [6.45, 7) is 3.36. The number of aromatic nitrogens is 2. The molecule has 2 aliphatic heterocycles. The fraction of sp³-hybridized carbons (Fsp3) is 0.545. The zero-order valence-electron chi connectivity index (χ0n) is 17.5. The van der Waals surface area contributed by atoms with Crippen LogP contribution in [0.4, 0.5) is 0 Å². The van der Waals surface area contributed by atoms with Crippen molar-refractivity contribution in [2.45, 2.75) is 31.9 Å². The average Bonchev–Trinajstić information content (AvgIpc) is 3.21. The number of hydrogen-bond acceptors (Lipinski definition) is 5. The predicted molar refractivity (Wildman–Crippen MR) is 110 cm³/mol. The number of carbonyl (C=O) groups excluding carboxylic acids is 1. The van der Waals surface area contributed by atoms with Crippen LogP contribution in [-0.4, -0.2) is 72.5 Å². The molecule has 1 unspecified atom stereocenters. The van der Waals surface area contributed by atoms with Crippen molar-refractivity contribution in [2.75, 3.05) is 40.9 Å². The van der Waals surface area contributed by atoms with E-state index in [0.29, 0.717) is 6.54 Å². The van der Waals surface area contributed by atoms with Crippen LogP contribution in [0.3, 0.4) is 0 Å². The van der Waals surface area contributed by atoms with Gasteiger partial charge in [-0.05, 0) is 44.5 Å². The van der Waals surface area contributed by atoms with E-state index in [2.05, 4.69) is 16.2 Å². The van der Waals surface area contributed by atoms with Gasteiger partial charge in [0.2, 0.25) is 5.91 Å². The molecule has 3 heterocycles. The molecule has 1 amide bonds. The van der Waals surface area contributed by atoms with Crippen molar-refractivity contribution < 1.29 is 14.3 Å². The minimum atomic E-state index is -0.258. The Morgan fingerprint density at radius 1 is 1.21 bits per heavy atom. The van der Waals surface area contributed by atoms with Crippen molar-refractivity contribution in [3.05, 3.63) is 42.2 Å². The molecular weight excluding hydrogens is 368 g/mol. The van der Waals surface area contributed by atoms with Crippen LogP contribution in [0, 0.1) is 5.41 Å². The van der Waals surface area contributed by atoms with Gasteiger partial charge in [-0.25, -0.2) is 4.68 Å². The maximum absolute atomic E-state index is 12.9. The van der Waals surface area contributed by atoms with Crippen LogP contribution in [0.1, 0.15) is 24.8 Å². The number of amides is 1. The molecule has 0 saturated carbocycles. The highest BCUT2D eigenvalue weighted by Crippen LogP contribution is 2.41. The Balaban J connectivity index is 1.40. The van der Waals surface area contributed by atoms with Crippen LogP contribution in [0.5, 0.6) is 5.75 Å². The number of likely N-dealkylation sites (N-methyl/N-ethyl adjacent to an activating group) is 1. The highest BCUT2D eigenvalue weighted by atomic mass is 16.5. The summed E-state index contributed by atoms with van der Waals surface area (Å²) in [5.41, 5.74) is 1.83. The summed E-state index contributed by atoms with van der Waals surface area (Å²) in [6, 6.07) is 7.87. The zero-order valence-corrected chi connectivity index (χ0v) is 17.5. The third kappa shape index (κ3) is 3.89. The van der Waals surface area contributed by atoms with E-state index in [1.807, 2.05) is 47.1 Å². The van der Waals surface area contributed by atoms with Crippen molar-refractivity contribution >= 4 is 5.91 Å². The van der Waals surface area contributed by atoms with Gasteiger partial charge in [0.05, 0.1) is 24.8 Å². The third-order valence-corrected chi connectivity index (χ3v) is 6.42. The van der Waals surface area contributed by atoms with E-state index in [0.717, 1.165) is 55.9 Å². The van der Waals surface area contributed by atoms with Crippen molar-refractivity contribution in [3.8, 4) is 11.4 Å². The fourth-order valence-corrected chi connectivity index (χ4v) is 4.75. The summed E-state index contributed by atoms with van der Waals surface area (Å²) in [6.07, 6.45) is 6.72. The number of benzene rings is 1. The minimum absolute atomic E-state index is 0.142. The lowest BCUT2D eigenvalue weighted by atomic mass is 9.71. The van der Waals surface area contributed by atoms with Crippen molar-refractivity contribution in [2.24, 2.45) is 5.41 Å². The molecule has 0 bridgehead atoms. The van der Waals surface area contributed by atoms with E-state index in [4.69, 9.17) is 9.47 Å². The molecule has 2 fully saturated rings. The highest BCUT2D eigenvalue weighted by molar-refractivity contribution is 5.83. The molecule has 1 atom stereocenters. The largest absolute Gasteiger partial charge is 0.494 e. The SMILES string of the molecule is COc1ccccc1-n1cc(CN2CCC3(CC2)CC(OC)CN(C)C3=O)cn1. The molecule has 7 heteroatoms. The molecule has 7 nitrogen and oxygen atoms in total. The van der Waals surface area contributed by atoms with Gasteiger partial charge in [0, 0.05) is 39.0 Å². The number of ether oxygens (including phenoxy) is 2. The van der Waals surface area contributed by atoms with Crippen LogP contribution >= 0.6 is 0 Å². The number of rotatable bonds is 5. The van der Waals surface area contributed by atoms with Crippen LogP contribution in [-0.2, 0) is 16.1 Å². The molecule has 2 saturated heterocycles. The number of hydrogen-bond donors (Lipinski definition) is 0. The molecule has 0 N–H and O–H groups in total. The van der Waals surface area contributed by atoms with Crippen molar-refractivity contribution in [1.82, 2.24) is 19.6 Å². The second kappa shape index (κ2) is 8.16. The zero-order chi connectivity index (χ0) is 20.4. The van der Waals surface area contributed by atoms with E-state index < -0.39 is 0 Å². The van der Waals surface area contributed by atoms with E-state index in [1.165, 1.54) is 0 Å². The number of para-hydroxylation sites is 2. The van der Waals surface area contributed by atoms with E-state index in [9.17, 15) is 4.79 Å². The maximum Gasteiger partial charge on any atom is 0.228 e. The van der Waals surface area contributed by atoms with E-state index in [-0.39, 0.29) is 17.4 Å². The van der Waals surface area contributed by atoms with Gasteiger partial charge in [0.1, 0.15) is 11.4 Å². The third-order valence-electron chi connectivity index (χ3n) is 6.42. The predicted octanol–water partition coefficient (Wildman–Crippen LogP) is 2.34. The summed E-state index contributed by atoms with van der Waals surface area (Å²) in [7, 11) is 5.31. The molecule has 156 valence electrons. The second-order valence-electron chi connectivity index (χ2n) is 8.27. The second-order valence-corrected chi connectivity index (χ2v) is 8.27. The molecule has 1 spiro atoms. The monoisotopic (exact) mass is 398 g/mol. The topological polar surface area (TPSA) is 59.8 Å². The first-order valence-electron chi connectivity index (χ1n) is 10.2. The Bertz CT molecular complexity index is 857. The minimum Gasteiger partial charge on any atom is -0.494 e. The smallest absolute Gasteiger partial charge is 0.228 e. The van der Waals surface area contributed by atoms with Crippen LogP contribution in [0.25, 0.3) is 5.69 Å². The summed E-state index contributed by atoms with van der Waals surface area (Å²) < 4.78 is 12.9. The first kappa shape index (κ1) is 19.9. The molecule has 1 aromatic carbocycles. The standard InChI is InChI=1S/C22H30N4O3/c1-24-16-18(28-2)12-22(21(24)27)8-10-25(11-9-22)14-17-13-23-26(15-17)19-6-4-5-7-20(19)29-3/h4-7,13,15,18H,8-12,14,16H2,1-3H3. The van der Waals surface area contributed by atoms with Gasteiger partial charge in [0.25, 0.3) is 0 Å². The first-order valence-corrected chi connectivity index (χ1v) is 10.2. The molecule has 0 aliphatic carbocycles. The lowest BCUT2D eigenvalue weighted by Crippen LogP contribution is -2.56. The number of methoxy groups -OCH3 is 2. The van der Waals surface area contributed by atoms with E-state index in [1.54, 1.807) is 14.2 Å². The van der Waals surface area contributed by atoms with E-state index >= 15 is 0 Å². The number of carbonyl (C=O) groups is 1. The quantitative estimate of drug-likeness (QED) is 0.774. The van der Waals surface area contributed by atoms with Crippen LogP contribution < -0.4 is 4.74 Å². The first-order chi connectivity index (χ1) is 14.0. The number of likely N-dealkylation sites (tertiary alicyclic amines) is 2. The lowest BCUT2D eigenvalue weighted by molar-refractivity contribution is -0.156. The summed E-state index contributed by atoms with van der Waals surface area (Å²) in [5.74, 6) is 1.09. The molecule has 4 rings (SSSR count). The van der Waals surface area contributed by atoms with Gasteiger partial charge in [0.15, 0.2) is 0 Å². The van der Waals surface area contributed by atoms with Crippen molar-refractivity contribution in [3.63, 3.8) is 0 Å². The fourth-order valence-electron chi connectivity index (χ4n) is 4.75. The molecule has 29 heavy (non-hydrogen) atoms. The van der Waals surface area contributed by atoms with Gasteiger partial charge < -0.3 is 14.4 Å². The Kier molecular flexibility index (Phi) is 5.61. The Hall–Kier alpha value is -2.38. The molecule has 1 aromatic heterocycles.